The summed E-state index contributed by atoms with van der Waals surface area (Å²) < 4.78 is 1.94. The van der Waals surface area contributed by atoms with E-state index in [1.807, 2.05) is 54.1 Å². The molecule has 4 nitrogen and oxygen atoms in total. The first-order valence-corrected chi connectivity index (χ1v) is 6.43. The molecule has 1 aromatic carbocycles. The normalized spacial score (nSPS) is 10.7. The molecule has 0 aliphatic heterocycles. The van der Waals surface area contributed by atoms with Gasteiger partial charge in [-0.3, -0.25) is 4.98 Å². The first-order chi connectivity index (χ1) is 9.81. The highest BCUT2D eigenvalue weighted by Gasteiger charge is 2.16. The highest BCUT2D eigenvalue weighted by atomic mass is 16.3. The lowest BCUT2D eigenvalue weighted by atomic mass is 10.1. The molecular weight excluding hydrogens is 250 g/mol. The molecule has 0 unspecified atom stereocenters. The van der Waals surface area contributed by atoms with Gasteiger partial charge in [0.1, 0.15) is 12.4 Å². The molecule has 100 valence electrons. The topological polar surface area (TPSA) is 50.9 Å². The summed E-state index contributed by atoms with van der Waals surface area (Å²) in [5.41, 5.74) is 3.94. The lowest BCUT2D eigenvalue weighted by Crippen LogP contribution is -1.98. The molecule has 0 aliphatic carbocycles. The molecule has 0 fully saturated rings. The molecule has 0 atom stereocenters. The quantitative estimate of drug-likeness (QED) is 0.792. The van der Waals surface area contributed by atoms with Gasteiger partial charge in [-0.05, 0) is 12.1 Å². The van der Waals surface area contributed by atoms with Gasteiger partial charge < -0.3 is 9.67 Å². The lowest BCUT2D eigenvalue weighted by molar-refractivity contribution is 0.267. The molecule has 0 radical (unpaired) electrons. The number of imidazole rings is 1. The van der Waals surface area contributed by atoms with Gasteiger partial charge in [0.15, 0.2) is 0 Å². The Balaban J connectivity index is 2.25. The molecular formula is C16H15N3O. The fraction of sp³-hybridized carbons (Fsp3) is 0.125. The fourth-order valence-corrected chi connectivity index (χ4v) is 2.32. The first kappa shape index (κ1) is 12.6. The number of aliphatic hydroxyl groups excluding tert-OH is 1. The van der Waals surface area contributed by atoms with Crippen molar-refractivity contribution in [2.24, 2.45) is 7.05 Å². The van der Waals surface area contributed by atoms with Crippen molar-refractivity contribution in [1.29, 1.82) is 0 Å². The minimum atomic E-state index is -0.0819. The lowest BCUT2D eigenvalue weighted by Gasteiger charge is -2.07. The van der Waals surface area contributed by atoms with Crippen molar-refractivity contribution in [3.63, 3.8) is 0 Å². The summed E-state index contributed by atoms with van der Waals surface area (Å²) in [6.45, 7) is -0.0819. The van der Waals surface area contributed by atoms with Crippen molar-refractivity contribution < 1.29 is 5.11 Å². The molecule has 0 saturated carbocycles. The molecule has 0 aliphatic rings. The number of aliphatic hydroxyl groups is 1. The van der Waals surface area contributed by atoms with E-state index in [0.29, 0.717) is 5.82 Å². The highest BCUT2D eigenvalue weighted by molar-refractivity contribution is 5.78. The Morgan fingerprint density at radius 3 is 2.35 bits per heavy atom. The van der Waals surface area contributed by atoms with Crippen LogP contribution in [0, 0.1) is 0 Å². The molecule has 2 aromatic heterocycles. The average Bonchev–Trinajstić information content (AvgIpc) is 2.86. The third-order valence-electron chi connectivity index (χ3n) is 3.33. The predicted molar refractivity (Wildman–Crippen MR) is 77.8 cm³/mol. The van der Waals surface area contributed by atoms with Crippen molar-refractivity contribution in [3.05, 3.63) is 60.7 Å². The SMILES string of the molecule is Cn1c(CO)nc(-c2ccncc2)c1-c1ccccc1. The van der Waals surface area contributed by atoms with E-state index in [-0.39, 0.29) is 6.61 Å². The van der Waals surface area contributed by atoms with Crippen molar-refractivity contribution in [2.45, 2.75) is 6.61 Å². The third kappa shape index (κ3) is 2.10. The zero-order valence-electron chi connectivity index (χ0n) is 11.2. The Morgan fingerprint density at radius 2 is 1.70 bits per heavy atom. The second kappa shape index (κ2) is 5.27. The van der Waals surface area contributed by atoms with Gasteiger partial charge in [-0.2, -0.15) is 0 Å². The average molecular weight is 265 g/mol. The molecule has 0 bridgehead atoms. The van der Waals surface area contributed by atoms with Crippen LogP contribution in [0.15, 0.2) is 54.9 Å². The van der Waals surface area contributed by atoms with Crippen molar-refractivity contribution in [1.82, 2.24) is 14.5 Å². The maximum Gasteiger partial charge on any atom is 0.135 e. The maximum absolute atomic E-state index is 9.45. The van der Waals surface area contributed by atoms with E-state index in [2.05, 4.69) is 9.97 Å². The Labute approximate surface area is 117 Å². The summed E-state index contributed by atoms with van der Waals surface area (Å²) in [6, 6.07) is 13.9. The van der Waals surface area contributed by atoms with Gasteiger partial charge in [0.05, 0.1) is 11.4 Å². The van der Waals surface area contributed by atoms with Crippen LogP contribution in [0.5, 0.6) is 0 Å². The number of hydrogen-bond acceptors (Lipinski definition) is 3. The van der Waals surface area contributed by atoms with Crippen LogP contribution in [-0.2, 0) is 13.7 Å². The number of benzene rings is 1. The van der Waals surface area contributed by atoms with Crippen LogP contribution in [0.2, 0.25) is 0 Å². The van der Waals surface area contributed by atoms with E-state index >= 15 is 0 Å². The Morgan fingerprint density at radius 1 is 1.00 bits per heavy atom. The smallest absolute Gasteiger partial charge is 0.135 e. The fourth-order valence-electron chi connectivity index (χ4n) is 2.32. The van der Waals surface area contributed by atoms with Gasteiger partial charge in [0.25, 0.3) is 0 Å². The van der Waals surface area contributed by atoms with E-state index < -0.39 is 0 Å². The Hall–Kier alpha value is -2.46. The van der Waals surface area contributed by atoms with Crippen LogP contribution in [-0.4, -0.2) is 19.6 Å². The number of rotatable bonds is 3. The molecule has 20 heavy (non-hydrogen) atoms. The van der Waals surface area contributed by atoms with Crippen LogP contribution < -0.4 is 0 Å². The van der Waals surface area contributed by atoms with Crippen molar-refractivity contribution in [3.8, 4) is 22.5 Å². The molecule has 1 N–H and O–H groups in total. The van der Waals surface area contributed by atoms with Gasteiger partial charge in [-0.1, -0.05) is 30.3 Å². The Kier molecular flexibility index (Phi) is 3.31. The van der Waals surface area contributed by atoms with E-state index in [1.54, 1.807) is 12.4 Å². The monoisotopic (exact) mass is 265 g/mol. The van der Waals surface area contributed by atoms with Crippen molar-refractivity contribution >= 4 is 0 Å². The summed E-state index contributed by atoms with van der Waals surface area (Å²) in [4.78, 5) is 8.60. The predicted octanol–water partition coefficient (Wildman–Crippen LogP) is 2.64. The van der Waals surface area contributed by atoms with E-state index in [9.17, 15) is 5.11 Å². The van der Waals surface area contributed by atoms with Crippen LogP contribution in [0.3, 0.4) is 0 Å². The zero-order chi connectivity index (χ0) is 13.9. The number of pyridine rings is 1. The molecule has 2 heterocycles. The van der Waals surface area contributed by atoms with Gasteiger partial charge in [0, 0.05) is 30.6 Å². The van der Waals surface area contributed by atoms with Crippen LogP contribution >= 0.6 is 0 Å². The second-order valence-corrected chi connectivity index (χ2v) is 4.54. The minimum absolute atomic E-state index is 0.0819. The molecule has 0 saturated heterocycles. The molecule has 0 spiro atoms. The summed E-state index contributed by atoms with van der Waals surface area (Å²) in [6.07, 6.45) is 3.49. The highest BCUT2D eigenvalue weighted by Crippen LogP contribution is 2.31. The number of hydrogen-bond donors (Lipinski definition) is 1. The van der Waals surface area contributed by atoms with Crippen molar-refractivity contribution in [2.75, 3.05) is 0 Å². The minimum Gasteiger partial charge on any atom is -0.388 e. The van der Waals surface area contributed by atoms with Gasteiger partial charge in [-0.15, -0.1) is 0 Å². The Bertz CT molecular complexity index is 705. The van der Waals surface area contributed by atoms with Gasteiger partial charge in [-0.25, -0.2) is 4.98 Å². The van der Waals surface area contributed by atoms with E-state index in [1.165, 1.54) is 0 Å². The molecule has 0 amide bonds. The summed E-state index contributed by atoms with van der Waals surface area (Å²) in [7, 11) is 1.92. The maximum atomic E-state index is 9.45. The molecule has 3 rings (SSSR count). The van der Waals surface area contributed by atoms with E-state index in [4.69, 9.17) is 0 Å². The molecule has 4 heteroatoms. The second-order valence-electron chi connectivity index (χ2n) is 4.54. The van der Waals surface area contributed by atoms with E-state index in [0.717, 1.165) is 22.5 Å². The van der Waals surface area contributed by atoms with Gasteiger partial charge in [0.2, 0.25) is 0 Å². The zero-order valence-corrected chi connectivity index (χ0v) is 11.2. The first-order valence-electron chi connectivity index (χ1n) is 6.43. The summed E-state index contributed by atoms with van der Waals surface area (Å²) >= 11 is 0. The summed E-state index contributed by atoms with van der Waals surface area (Å²) in [5.74, 6) is 0.649. The van der Waals surface area contributed by atoms with Gasteiger partial charge >= 0.3 is 0 Å². The van der Waals surface area contributed by atoms with Crippen LogP contribution in [0.4, 0.5) is 0 Å². The standard InChI is InChI=1S/C16H15N3O/c1-19-14(11-20)18-15(12-7-9-17-10-8-12)16(19)13-5-3-2-4-6-13/h2-10,20H,11H2,1H3. The largest absolute Gasteiger partial charge is 0.388 e. The van der Waals surface area contributed by atoms with Crippen LogP contribution in [0.25, 0.3) is 22.5 Å². The number of aromatic nitrogens is 3. The van der Waals surface area contributed by atoms with Crippen LogP contribution in [0.1, 0.15) is 5.82 Å². The third-order valence-corrected chi connectivity index (χ3v) is 3.33. The number of nitrogens with zero attached hydrogens (tertiary/aromatic N) is 3. The molecule has 3 aromatic rings. The summed E-state index contributed by atoms with van der Waals surface area (Å²) in [5, 5.41) is 9.45.